The lowest BCUT2D eigenvalue weighted by molar-refractivity contribution is -0.117. The molecule has 7 heteroatoms. The van der Waals surface area contributed by atoms with Gasteiger partial charge in [0.15, 0.2) is 16.7 Å². The maximum Gasteiger partial charge on any atom is 0.296 e. The van der Waals surface area contributed by atoms with E-state index < -0.39 is 23.5 Å². The van der Waals surface area contributed by atoms with Crippen LogP contribution in [0.2, 0.25) is 0 Å². The predicted molar refractivity (Wildman–Crippen MR) is 137 cm³/mol. The normalized spacial score (nSPS) is 16.5. The molecule has 2 aromatic heterocycles. The number of aliphatic hydroxyl groups excluding tert-OH is 1. The third kappa shape index (κ3) is 3.96. The van der Waals surface area contributed by atoms with Gasteiger partial charge in [0.25, 0.3) is 5.91 Å². The molecular formula is C28H26N2O4S. The van der Waals surface area contributed by atoms with E-state index in [0.29, 0.717) is 16.5 Å². The Bertz CT molecular complexity index is 1500. The number of hydrogen-bond acceptors (Lipinski definition) is 6. The molecular weight excluding hydrogens is 460 g/mol. The standard InChI is InChI=1S/C28H26N2O4S/c1-15-6-12-19-21(14-15)35-27(29-19)30-23(17-8-10-18(11-9-17)28(3,4)5)22(25(32)26(30)33)24(31)20-13-7-16(2)34-20/h6-14,23,32H,1-5H3. The Labute approximate surface area is 207 Å². The van der Waals surface area contributed by atoms with Gasteiger partial charge in [-0.25, -0.2) is 4.98 Å². The van der Waals surface area contributed by atoms with Crippen molar-refractivity contribution in [3.63, 3.8) is 0 Å². The fourth-order valence-corrected chi connectivity index (χ4v) is 5.42. The van der Waals surface area contributed by atoms with Gasteiger partial charge in [-0.3, -0.25) is 14.5 Å². The van der Waals surface area contributed by atoms with E-state index in [-0.39, 0.29) is 16.7 Å². The summed E-state index contributed by atoms with van der Waals surface area (Å²) < 4.78 is 6.48. The van der Waals surface area contributed by atoms with Crippen molar-refractivity contribution in [3.8, 4) is 0 Å². The molecule has 0 saturated carbocycles. The maximum atomic E-state index is 13.5. The van der Waals surface area contributed by atoms with Crippen LogP contribution in [0, 0.1) is 13.8 Å². The number of fused-ring (bicyclic) bond motifs is 1. The zero-order valence-electron chi connectivity index (χ0n) is 20.2. The molecule has 1 amide bonds. The van der Waals surface area contributed by atoms with Crippen LogP contribution in [-0.4, -0.2) is 21.8 Å². The minimum Gasteiger partial charge on any atom is -0.503 e. The van der Waals surface area contributed by atoms with Gasteiger partial charge in [0.2, 0.25) is 5.78 Å². The van der Waals surface area contributed by atoms with Gasteiger partial charge in [-0.1, -0.05) is 62.4 Å². The van der Waals surface area contributed by atoms with Crippen molar-refractivity contribution in [2.75, 3.05) is 4.90 Å². The Hall–Kier alpha value is -3.71. The first-order valence-electron chi connectivity index (χ1n) is 11.4. The molecule has 35 heavy (non-hydrogen) atoms. The lowest BCUT2D eigenvalue weighted by Crippen LogP contribution is -2.31. The zero-order chi connectivity index (χ0) is 25.1. The van der Waals surface area contributed by atoms with E-state index in [1.807, 2.05) is 49.4 Å². The molecule has 0 aliphatic carbocycles. The van der Waals surface area contributed by atoms with Gasteiger partial charge in [0.1, 0.15) is 5.76 Å². The molecule has 1 unspecified atom stereocenters. The summed E-state index contributed by atoms with van der Waals surface area (Å²) in [4.78, 5) is 33.0. The summed E-state index contributed by atoms with van der Waals surface area (Å²) in [5.74, 6) is -1.10. The summed E-state index contributed by atoms with van der Waals surface area (Å²) in [6.45, 7) is 10.1. The molecule has 178 valence electrons. The molecule has 0 fully saturated rings. The van der Waals surface area contributed by atoms with Gasteiger partial charge in [0.05, 0.1) is 21.8 Å². The summed E-state index contributed by atoms with van der Waals surface area (Å²) in [5.41, 5.74) is 3.60. The summed E-state index contributed by atoms with van der Waals surface area (Å²) >= 11 is 1.36. The molecule has 5 rings (SSSR count). The number of carbonyl (C=O) groups is 2. The van der Waals surface area contributed by atoms with Crippen LogP contribution in [0.15, 0.2) is 70.3 Å². The van der Waals surface area contributed by atoms with Crippen molar-refractivity contribution < 1.29 is 19.1 Å². The predicted octanol–water partition coefficient (Wildman–Crippen LogP) is 6.59. The number of aryl methyl sites for hydroxylation is 2. The number of benzene rings is 2. The van der Waals surface area contributed by atoms with E-state index >= 15 is 0 Å². The minimum atomic E-state index is -0.837. The topological polar surface area (TPSA) is 83.6 Å². The number of rotatable bonds is 4. The van der Waals surface area contributed by atoms with Crippen molar-refractivity contribution in [1.82, 2.24) is 4.98 Å². The lowest BCUT2D eigenvalue weighted by Gasteiger charge is -2.25. The second-order valence-electron chi connectivity index (χ2n) is 9.92. The maximum absolute atomic E-state index is 13.5. The van der Waals surface area contributed by atoms with E-state index in [2.05, 4.69) is 25.8 Å². The first-order valence-corrected chi connectivity index (χ1v) is 12.2. The number of ketones is 1. The SMILES string of the molecule is Cc1ccc2nc(N3C(=O)C(O)=C(C(=O)c4ccc(C)o4)C3c3ccc(C(C)(C)C)cc3)sc2c1. The monoisotopic (exact) mass is 486 g/mol. The summed E-state index contributed by atoms with van der Waals surface area (Å²) in [6, 6.07) is 16.1. The minimum absolute atomic E-state index is 0.0108. The molecule has 1 aliphatic heterocycles. The van der Waals surface area contributed by atoms with Crippen molar-refractivity contribution in [3.05, 3.63) is 94.1 Å². The number of thiazole rings is 1. The summed E-state index contributed by atoms with van der Waals surface area (Å²) in [7, 11) is 0. The van der Waals surface area contributed by atoms with E-state index in [1.54, 1.807) is 19.1 Å². The molecule has 0 saturated heterocycles. The molecule has 2 aromatic carbocycles. The highest BCUT2D eigenvalue weighted by Crippen LogP contribution is 2.44. The number of amides is 1. The first-order chi connectivity index (χ1) is 16.5. The van der Waals surface area contributed by atoms with E-state index in [4.69, 9.17) is 4.42 Å². The molecule has 1 atom stereocenters. The van der Waals surface area contributed by atoms with Crippen LogP contribution >= 0.6 is 11.3 Å². The molecule has 1 aliphatic rings. The Kier molecular flexibility index (Phi) is 5.40. The smallest absolute Gasteiger partial charge is 0.296 e. The average molecular weight is 487 g/mol. The number of nitrogens with zero attached hydrogens (tertiary/aromatic N) is 2. The van der Waals surface area contributed by atoms with Crippen molar-refractivity contribution in [1.29, 1.82) is 0 Å². The number of aromatic nitrogens is 1. The van der Waals surface area contributed by atoms with Gasteiger partial charge in [0, 0.05) is 0 Å². The number of Topliss-reactive ketones (excluding diaryl/α,β-unsaturated/α-hetero) is 1. The van der Waals surface area contributed by atoms with Crippen molar-refractivity contribution in [2.45, 2.75) is 46.1 Å². The summed E-state index contributed by atoms with van der Waals surface area (Å²) in [5, 5.41) is 11.4. The van der Waals surface area contributed by atoms with Gasteiger partial charge < -0.3 is 9.52 Å². The van der Waals surface area contributed by atoms with Crippen LogP contribution in [0.4, 0.5) is 5.13 Å². The van der Waals surface area contributed by atoms with Gasteiger partial charge in [-0.05, 0) is 60.2 Å². The molecule has 0 bridgehead atoms. The van der Waals surface area contributed by atoms with Crippen LogP contribution in [0.3, 0.4) is 0 Å². The highest BCUT2D eigenvalue weighted by atomic mass is 32.1. The Morgan fingerprint density at radius 2 is 1.77 bits per heavy atom. The Morgan fingerprint density at radius 1 is 1.06 bits per heavy atom. The highest BCUT2D eigenvalue weighted by molar-refractivity contribution is 7.22. The second-order valence-corrected chi connectivity index (χ2v) is 10.9. The largest absolute Gasteiger partial charge is 0.503 e. The molecule has 1 N–H and O–H groups in total. The van der Waals surface area contributed by atoms with Crippen LogP contribution in [0.5, 0.6) is 0 Å². The first kappa shape index (κ1) is 23.1. The van der Waals surface area contributed by atoms with Crippen LogP contribution in [0.1, 0.15) is 59.8 Å². The highest BCUT2D eigenvalue weighted by Gasteiger charge is 2.46. The van der Waals surface area contributed by atoms with Gasteiger partial charge in [-0.15, -0.1) is 0 Å². The third-order valence-electron chi connectivity index (χ3n) is 6.25. The van der Waals surface area contributed by atoms with Gasteiger partial charge >= 0.3 is 0 Å². The van der Waals surface area contributed by atoms with E-state index in [0.717, 1.165) is 21.3 Å². The third-order valence-corrected chi connectivity index (χ3v) is 7.27. The lowest BCUT2D eigenvalue weighted by atomic mass is 9.85. The van der Waals surface area contributed by atoms with E-state index in [9.17, 15) is 14.7 Å². The molecule has 0 spiro atoms. The molecule has 6 nitrogen and oxygen atoms in total. The van der Waals surface area contributed by atoms with Crippen LogP contribution < -0.4 is 4.90 Å². The fourth-order valence-electron chi connectivity index (χ4n) is 4.33. The number of carbonyl (C=O) groups excluding carboxylic acids is 2. The van der Waals surface area contributed by atoms with Crippen molar-refractivity contribution >= 4 is 38.4 Å². The Morgan fingerprint density at radius 3 is 2.40 bits per heavy atom. The van der Waals surface area contributed by atoms with Crippen LogP contribution in [-0.2, 0) is 10.2 Å². The average Bonchev–Trinajstić information content (AvgIpc) is 3.49. The zero-order valence-corrected chi connectivity index (χ0v) is 21.1. The second kappa shape index (κ2) is 8.20. The molecule has 0 radical (unpaired) electrons. The molecule has 4 aromatic rings. The van der Waals surface area contributed by atoms with Crippen molar-refractivity contribution in [2.24, 2.45) is 0 Å². The van der Waals surface area contributed by atoms with E-state index in [1.165, 1.54) is 16.2 Å². The number of aliphatic hydroxyl groups is 1. The van der Waals surface area contributed by atoms with Gasteiger partial charge in [-0.2, -0.15) is 0 Å². The van der Waals surface area contributed by atoms with Crippen LogP contribution in [0.25, 0.3) is 10.2 Å². The molecule has 3 heterocycles. The number of anilines is 1. The number of furan rings is 1. The Balaban J connectivity index is 1.67. The summed E-state index contributed by atoms with van der Waals surface area (Å²) in [6.07, 6.45) is 0. The fraction of sp³-hybridized carbons (Fsp3) is 0.250. The quantitative estimate of drug-likeness (QED) is 0.329. The number of hydrogen-bond donors (Lipinski definition) is 1.